The van der Waals surface area contributed by atoms with Gasteiger partial charge in [0, 0.05) is 28.8 Å². The van der Waals surface area contributed by atoms with Gasteiger partial charge in [-0.25, -0.2) is 13.4 Å². The standard InChI is InChI=1S/C23H25N7O2S/c1-14-5-7-19(8-6-14)26-23-24-15(2)13-21(27-23)25-18-9-11-20(12-10-18)30-33(31,32)22-16(3)28-29-17(22)4/h5-13,30H,1-4H3,(H,28,29)(H2,24,25,26,27). The number of aromatic nitrogens is 4. The first-order valence-corrected chi connectivity index (χ1v) is 11.8. The fourth-order valence-electron chi connectivity index (χ4n) is 3.37. The van der Waals surface area contributed by atoms with Crippen LogP contribution in [0.2, 0.25) is 0 Å². The Morgan fingerprint density at radius 3 is 2.03 bits per heavy atom. The lowest BCUT2D eigenvalue weighted by atomic mass is 10.2. The number of hydrogen-bond acceptors (Lipinski definition) is 7. The molecule has 2 aromatic heterocycles. The normalized spacial score (nSPS) is 11.3. The molecule has 0 saturated heterocycles. The highest BCUT2D eigenvalue weighted by atomic mass is 32.2. The number of rotatable bonds is 7. The zero-order chi connectivity index (χ0) is 23.6. The lowest BCUT2D eigenvalue weighted by molar-refractivity contribution is 0.600. The highest BCUT2D eigenvalue weighted by Gasteiger charge is 2.22. The monoisotopic (exact) mass is 463 g/mol. The van der Waals surface area contributed by atoms with Crippen LogP contribution >= 0.6 is 0 Å². The summed E-state index contributed by atoms with van der Waals surface area (Å²) >= 11 is 0. The molecule has 4 aromatic rings. The van der Waals surface area contributed by atoms with E-state index in [1.807, 2.05) is 44.2 Å². The molecule has 0 saturated carbocycles. The number of sulfonamides is 1. The summed E-state index contributed by atoms with van der Waals surface area (Å²) in [4.78, 5) is 9.13. The fraction of sp³-hybridized carbons (Fsp3) is 0.174. The highest BCUT2D eigenvalue weighted by molar-refractivity contribution is 7.92. The number of benzene rings is 2. The zero-order valence-electron chi connectivity index (χ0n) is 18.8. The van der Waals surface area contributed by atoms with Gasteiger partial charge in [-0.1, -0.05) is 17.7 Å². The molecule has 2 heterocycles. The third-order valence-electron chi connectivity index (χ3n) is 4.90. The maximum atomic E-state index is 12.7. The van der Waals surface area contributed by atoms with Crippen molar-refractivity contribution in [2.45, 2.75) is 32.6 Å². The van der Waals surface area contributed by atoms with Crippen LogP contribution in [0, 0.1) is 27.7 Å². The number of nitrogens with zero attached hydrogens (tertiary/aromatic N) is 3. The van der Waals surface area contributed by atoms with Crippen LogP contribution < -0.4 is 15.4 Å². The summed E-state index contributed by atoms with van der Waals surface area (Å²) in [6.45, 7) is 7.25. The summed E-state index contributed by atoms with van der Waals surface area (Å²) in [6, 6.07) is 16.7. The van der Waals surface area contributed by atoms with Crippen molar-refractivity contribution in [2.24, 2.45) is 0 Å². The van der Waals surface area contributed by atoms with E-state index in [-0.39, 0.29) is 4.90 Å². The van der Waals surface area contributed by atoms with Gasteiger partial charge in [0.2, 0.25) is 5.95 Å². The van der Waals surface area contributed by atoms with Crippen molar-refractivity contribution in [2.75, 3.05) is 15.4 Å². The van der Waals surface area contributed by atoms with Crippen LogP contribution in [0.25, 0.3) is 0 Å². The van der Waals surface area contributed by atoms with E-state index in [2.05, 4.69) is 35.5 Å². The van der Waals surface area contributed by atoms with Crippen molar-refractivity contribution in [1.82, 2.24) is 20.2 Å². The van der Waals surface area contributed by atoms with Crippen molar-refractivity contribution in [3.8, 4) is 0 Å². The zero-order valence-corrected chi connectivity index (χ0v) is 19.6. The summed E-state index contributed by atoms with van der Waals surface area (Å²) < 4.78 is 28.0. The molecule has 33 heavy (non-hydrogen) atoms. The molecule has 0 radical (unpaired) electrons. The maximum Gasteiger partial charge on any atom is 0.265 e. The molecule has 10 heteroatoms. The Kier molecular flexibility index (Phi) is 6.01. The average molecular weight is 464 g/mol. The average Bonchev–Trinajstić information content (AvgIpc) is 3.09. The Bertz CT molecular complexity index is 1360. The molecule has 0 aliphatic carbocycles. The predicted molar refractivity (Wildman–Crippen MR) is 130 cm³/mol. The SMILES string of the molecule is Cc1ccc(Nc2nc(C)cc(Nc3ccc(NS(=O)(=O)c4c(C)n[nH]c4C)cc3)n2)cc1. The van der Waals surface area contributed by atoms with Gasteiger partial charge in [0.25, 0.3) is 10.0 Å². The van der Waals surface area contributed by atoms with Crippen LogP contribution in [0.3, 0.4) is 0 Å². The largest absolute Gasteiger partial charge is 0.340 e. The molecule has 4 N–H and O–H groups in total. The van der Waals surface area contributed by atoms with Crippen LogP contribution in [-0.4, -0.2) is 28.6 Å². The Morgan fingerprint density at radius 1 is 0.788 bits per heavy atom. The van der Waals surface area contributed by atoms with Gasteiger partial charge < -0.3 is 10.6 Å². The number of aryl methyl sites for hydroxylation is 4. The Hall–Kier alpha value is -3.92. The molecule has 170 valence electrons. The molecule has 9 nitrogen and oxygen atoms in total. The minimum Gasteiger partial charge on any atom is -0.340 e. The van der Waals surface area contributed by atoms with E-state index < -0.39 is 10.0 Å². The van der Waals surface area contributed by atoms with Gasteiger partial charge in [0.05, 0.1) is 11.4 Å². The lowest BCUT2D eigenvalue weighted by Gasteiger charge is -2.12. The lowest BCUT2D eigenvalue weighted by Crippen LogP contribution is -2.14. The quantitative estimate of drug-likeness (QED) is 0.312. The van der Waals surface area contributed by atoms with Crippen LogP contribution in [0.4, 0.5) is 28.8 Å². The first-order valence-electron chi connectivity index (χ1n) is 10.3. The molecule has 0 spiro atoms. The second-order valence-electron chi connectivity index (χ2n) is 7.78. The molecule has 0 amide bonds. The van der Waals surface area contributed by atoms with Gasteiger partial charge in [0.15, 0.2) is 0 Å². The molecule has 0 fully saturated rings. The van der Waals surface area contributed by atoms with Crippen molar-refractivity contribution < 1.29 is 8.42 Å². The van der Waals surface area contributed by atoms with E-state index in [0.717, 1.165) is 17.1 Å². The fourth-order valence-corrected chi connectivity index (χ4v) is 4.80. The summed E-state index contributed by atoms with van der Waals surface area (Å²) in [5.41, 5.74) is 5.00. The highest BCUT2D eigenvalue weighted by Crippen LogP contribution is 2.24. The third kappa shape index (κ3) is 5.29. The number of aromatic amines is 1. The minimum absolute atomic E-state index is 0.162. The Morgan fingerprint density at radius 2 is 1.39 bits per heavy atom. The summed E-state index contributed by atoms with van der Waals surface area (Å²) in [5, 5.41) is 13.1. The summed E-state index contributed by atoms with van der Waals surface area (Å²) in [6.07, 6.45) is 0. The van der Waals surface area contributed by atoms with E-state index >= 15 is 0 Å². The molecule has 0 unspecified atom stereocenters. The molecule has 4 rings (SSSR count). The summed E-state index contributed by atoms with van der Waals surface area (Å²) in [7, 11) is -3.74. The minimum atomic E-state index is -3.74. The van der Waals surface area contributed by atoms with E-state index in [1.54, 1.807) is 38.1 Å². The third-order valence-corrected chi connectivity index (χ3v) is 6.54. The number of anilines is 5. The first kappa shape index (κ1) is 22.3. The van der Waals surface area contributed by atoms with E-state index in [4.69, 9.17) is 0 Å². The Labute approximate surface area is 192 Å². The second-order valence-corrected chi connectivity index (χ2v) is 9.40. The van der Waals surface area contributed by atoms with Gasteiger partial charge in [0.1, 0.15) is 10.7 Å². The summed E-state index contributed by atoms with van der Waals surface area (Å²) in [5.74, 6) is 1.10. The van der Waals surface area contributed by atoms with Crippen LogP contribution in [0.1, 0.15) is 22.6 Å². The topological polar surface area (TPSA) is 125 Å². The molecule has 2 aromatic carbocycles. The number of nitrogens with one attached hydrogen (secondary N) is 4. The van der Waals surface area contributed by atoms with Gasteiger partial charge in [-0.2, -0.15) is 10.1 Å². The number of hydrogen-bond donors (Lipinski definition) is 4. The predicted octanol–water partition coefficient (Wildman–Crippen LogP) is 4.72. The van der Waals surface area contributed by atoms with Crippen LogP contribution in [0.15, 0.2) is 59.5 Å². The van der Waals surface area contributed by atoms with Crippen LogP contribution in [0.5, 0.6) is 0 Å². The van der Waals surface area contributed by atoms with Crippen molar-refractivity contribution in [3.05, 3.63) is 77.2 Å². The Balaban J connectivity index is 1.48. The van der Waals surface area contributed by atoms with Gasteiger partial charge in [-0.05, 0) is 64.1 Å². The van der Waals surface area contributed by atoms with Gasteiger partial charge in [-0.15, -0.1) is 0 Å². The van der Waals surface area contributed by atoms with Gasteiger partial charge in [-0.3, -0.25) is 9.82 Å². The van der Waals surface area contributed by atoms with Crippen LogP contribution in [-0.2, 0) is 10.0 Å². The van der Waals surface area contributed by atoms with E-state index in [9.17, 15) is 8.42 Å². The van der Waals surface area contributed by atoms with Gasteiger partial charge >= 0.3 is 0 Å². The second kappa shape index (κ2) is 8.91. The molecule has 0 bridgehead atoms. The van der Waals surface area contributed by atoms with Crippen molar-refractivity contribution >= 4 is 38.9 Å². The maximum absolute atomic E-state index is 12.7. The van der Waals surface area contributed by atoms with E-state index in [1.165, 1.54) is 5.56 Å². The van der Waals surface area contributed by atoms with Crippen molar-refractivity contribution in [3.63, 3.8) is 0 Å². The first-order chi connectivity index (χ1) is 15.7. The van der Waals surface area contributed by atoms with E-state index in [0.29, 0.717) is 28.8 Å². The molecule has 0 aliphatic heterocycles. The number of H-pyrrole nitrogens is 1. The van der Waals surface area contributed by atoms with Crippen molar-refractivity contribution in [1.29, 1.82) is 0 Å². The smallest absolute Gasteiger partial charge is 0.265 e. The molecule has 0 aliphatic rings. The molecular formula is C23H25N7O2S. The molecular weight excluding hydrogens is 438 g/mol. The molecule has 0 atom stereocenters.